The van der Waals surface area contributed by atoms with Crippen LogP contribution in [0.15, 0.2) is 47.0 Å². The van der Waals surface area contributed by atoms with Gasteiger partial charge in [0.05, 0.1) is 5.03 Å². The third-order valence-electron chi connectivity index (χ3n) is 2.47. The molecule has 1 aromatic carbocycles. The van der Waals surface area contributed by atoms with Crippen molar-refractivity contribution < 1.29 is 9.90 Å². The first-order valence-corrected chi connectivity index (χ1v) is 6.26. The summed E-state index contributed by atoms with van der Waals surface area (Å²) in [7, 11) is 0. The number of aromatic amines is 1. The van der Waals surface area contributed by atoms with Crippen LogP contribution in [0, 0.1) is 0 Å². The highest BCUT2D eigenvalue weighted by Crippen LogP contribution is 2.23. The van der Waals surface area contributed by atoms with Gasteiger partial charge in [0.1, 0.15) is 0 Å². The standard InChI is InChI=1S/C13H13NO2S/c1-9(13(15)16)6-7-17-12-8-10-4-2-3-5-11(10)14-12/h2-6,8,14H,7H2,1H3,(H,15,16). The predicted molar refractivity (Wildman–Crippen MR) is 70.4 cm³/mol. The van der Waals surface area contributed by atoms with E-state index in [0.717, 1.165) is 10.5 Å². The summed E-state index contributed by atoms with van der Waals surface area (Å²) in [6, 6.07) is 10.1. The number of rotatable bonds is 4. The predicted octanol–water partition coefficient (Wildman–Crippen LogP) is 3.29. The number of para-hydroxylation sites is 1. The van der Waals surface area contributed by atoms with Crippen molar-refractivity contribution in [1.82, 2.24) is 4.98 Å². The largest absolute Gasteiger partial charge is 0.478 e. The molecule has 0 fully saturated rings. The van der Waals surface area contributed by atoms with E-state index in [9.17, 15) is 4.79 Å². The minimum absolute atomic E-state index is 0.383. The number of carbonyl (C=O) groups is 1. The van der Waals surface area contributed by atoms with Crippen LogP contribution in [-0.4, -0.2) is 21.8 Å². The van der Waals surface area contributed by atoms with Crippen molar-refractivity contribution in [2.24, 2.45) is 0 Å². The average Bonchev–Trinajstić information content (AvgIpc) is 2.71. The summed E-state index contributed by atoms with van der Waals surface area (Å²) >= 11 is 1.60. The minimum Gasteiger partial charge on any atom is -0.478 e. The van der Waals surface area contributed by atoms with Crippen LogP contribution in [0.1, 0.15) is 6.92 Å². The van der Waals surface area contributed by atoms with Crippen LogP contribution >= 0.6 is 11.8 Å². The van der Waals surface area contributed by atoms with E-state index >= 15 is 0 Å². The highest BCUT2D eigenvalue weighted by molar-refractivity contribution is 7.99. The first kappa shape index (κ1) is 11.8. The molecule has 0 saturated carbocycles. The lowest BCUT2D eigenvalue weighted by Crippen LogP contribution is -1.96. The Labute approximate surface area is 104 Å². The van der Waals surface area contributed by atoms with Gasteiger partial charge in [-0.15, -0.1) is 11.8 Å². The molecule has 0 aliphatic carbocycles. The van der Waals surface area contributed by atoms with E-state index < -0.39 is 5.97 Å². The second-order valence-electron chi connectivity index (χ2n) is 3.72. The Balaban J connectivity index is 2.04. The lowest BCUT2D eigenvalue weighted by Gasteiger charge is -1.94. The molecule has 2 aromatic rings. The van der Waals surface area contributed by atoms with Crippen molar-refractivity contribution in [2.45, 2.75) is 11.9 Å². The van der Waals surface area contributed by atoms with Crippen LogP contribution in [-0.2, 0) is 4.79 Å². The molecule has 4 heteroatoms. The van der Waals surface area contributed by atoms with Gasteiger partial charge in [-0.25, -0.2) is 4.79 Å². The van der Waals surface area contributed by atoms with Gasteiger partial charge in [0.25, 0.3) is 0 Å². The summed E-state index contributed by atoms with van der Waals surface area (Å²) in [5, 5.41) is 10.9. The molecule has 3 nitrogen and oxygen atoms in total. The summed E-state index contributed by atoms with van der Waals surface area (Å²) in [5.41, 5.74) is 1.49. The molecule has 17 heavy (non-hydrogen) atoms. The van der Waals surface area contributed by atoms with Crippen LogP contribution in [0.3, 0.4) is 0 Å². The van der Waals surface area contributed by atoms with E-state index in [1.54, 1.807) is 24.8 Å². The number of aromatic nitrogens is 1. The lowest BCUT2D eigenvalue weighted by molar-refractivity contribution is -0.132. The van der Waals surface area contributed by atoms with Gasteiger partial charge < -0.3 is 10.1 Å². The smallest absolute Gasteiger partial charge is 0.330 e. The molecule has 1 heterocycles. The third-order valence-corrected chi connectivity index (χ3v) is 3.34. The Morgan fingerprint density at radius 3 is 2.94 bits per heavy atom. The molecule has 0 aliphatic rings. The lowest BCUT2D eigenvalue weighted by atomic mass is 10.3. The highest BCUT2D eigenvalue weighted by atomic mass is 32.2. The van der Waals surface area contributed by atoms with Gasteiger partial charge in [0, 0.05) is 22.2 Å². The van der Waals surface area contributed by atoms with Crippen molar-refractivity contribution >= 4 is 28.6 Å². The maximum atomic E-state index is 10.6. The van der Waals surface area contributed by atoms with Crippen LogP contribution in [0.25, 0.3) is 10.9 Å². The zero-order chi connectivity index (χ0) is 12.3. The molecule has 0 radical (unpaired) electrons. The molecule has 2 rings (SSSR count). The SMILES string of the molecule is CC(=CCSc1cc2ccccc2[nH]1)C(=O)O. The average molecular weight is 247 g/mol. The molecule has 0 unspecified atom stereocenters. The molecule has 0 amide bonds. The van der Waals surface area contributed by atoms with Crippen molar-refractivity contribution in [3.63, 3.8) is 0 Å². The maximum Gasteiger partial charge on any atom is 0.330 e. The summed E-state index contributed by atoms with van der Waals surface area (Å²) in [6.45, 7) is 1.61. The van der Waals surface area contributed by atoms with Crippen molar-refractivity contribution in [2.75, 3.05) is 5.75 Å². The maximum absolute atomic E-state index is 10.6. The minimum atomic E-state index is -0.859. The van der Waals surface area contributed by atoms with Crippen LogP contribution in [0.5, 0.6) is 0 Å². The quantitative estimate of drug-likeness (QED) is 0.644. The Hall–Kier alpha value is -1.68. The van der Waals surface area contributed by atoms with Gasteiger partial charge in [0.2, 0.25) is 0 Å². The van der Waals surface area contributed by atoms with Crippen LogP contribution in [0.4, 0.5) is 0 Å². The molecule has 88 valence electrons. The second-order valence-corrected chi connectivity index (χ2v) is 4.79. The molecular formula is C13H13NO2S. The summed E-state index contributed by atoms with van der Waals surface area (Å²) in [5.74, 6) is -0.201. The van der Waals surface area contributed by atoms with Crippen molar-refractivity contribution in [3.8, 4) is 0 Å². The monoisotopic (exact) mass is 247 g/mol. The number of hydrogen-bond donors (Lipinski definition) is 2. The molecular weight excluding hydrogens is 234 g/mol. The fraction of sp³-hybridized carbons (Fsp3) is 0.154. The van der Waals surface area contributed by atoms with Crippen LogP contribution in [0.2, 0.25) is 0 Å². The molecule has 0 bridgehead atoms. The number of hydrogen-bond acceptors (Lipinski definition) is 2. The zero-order valence-corrected chi connectivity index (χ0v) is 10.3. The number of benzene rings is 1. The molecule has 0 atom stereocenters. The van der Waals surface area contributed by atoms with Crippen molar-refractivity contribution in [3.05, 3.63) is 42.0 Å². The Bertz CT molecular complexity index is 539. The van der Waals surface area contributed by atoms with Gasteiger partial charge in [-0.05, 0) is 19.1 Å². The first-order valence-electron chi connectivity index (χ1n) is 5.27. The molecule has 1 aromatic heterocycles. The molecule has 0 spiro atoms. The first-order chi connectivity index (χ1) is 8.16. The topological polar surface area (TPSA) is 53.1 Å². The van der Waals surface area contributed by atoms with Gasteiger partial charge in [0.15, 0.2) is 0 Å². The fourth-order valence-electron chi connectivity index (χ4n) is 1.47. The van der Waals surface area contributed by atoms with Gasteiger partial charge in [-0.2, -0.15) is 0 Å². The third kappa shape index (κ3) is 2.91. The van der Waals surface area contributed by atoms with E-state index in [4.69, 9.17) is 5.11 Å². The highest BCUT2D eigenvalue weighted by Gasteiger charge is 2.01. The van der Waals surface area contributed by atoms with E-state index in [1.165, 1.54) is 5.39 Å². The van der Waals surface area contributed by atoms with Crippen LogP contribution < -0.4 is 0 Å². The molecule has 0 aliphatic heterocycles. The van der Waals surface area contributed by atoms with Gasteiger partial charge in [-0.3, -0.25) is 0 Å². The van der Waals surface area contributed by atoms with E-state index in [1.807, 2.05) is 24.3 Å². The number of aliphatic carboxylic acids is 1. The Kier molecular flexibility index (Phi) is 3.54. The number of carboxylic acid groups (broad SMARTS) is 1. The number of nitrogens with one attached hydrogen (secondary N) is 1. The summed E-state index contributed by atoms with van der Waals surface area (Å²) < 4.78 is 0. The molecule has 2 N–H and O–H groups in total. The van der Waals surface area contributed by atoms with E-state index in [0.29, 0.717) is 11.3 Å². The van der Waals surface area contributed by atoms with E-state index in [-0.39, 0.29) is 0 Å². The second kappa shape index (κ2) is 5.10. The fourth-order valence-corrected chi connectivity index (χ4v) is 2.37. The Morgan fingerprint density at radius 1 is 1.47 bits per heavy atom. The number of H-pyrrole nitrogens is 1. The summed E-state index contributed by atoms with van der Waals surface area (Å²) in [6.07, 6.45) is 1.72. The molecule has 0 saturated heterocycles. The van der Waals surface area contributed by atoms with Gasteiger partial charge >= 0.3 is 5.97 Å². The van der Waals surface area contributed by atoms with Gasteiger partial charge in [-0.1, -0.05) is 24.3 Å². The Morgan fingerprint density at radius 2 is 2.24 bits per heavy atom. The normalized spacial score (nSPS) is 11.9. The van der Waals surface area contributed by atoms with Crippen molar-refractivity contribution in [1.29, 1.82) is 0 Å². The number of fused-ring (bicyclic) bond motifs is 1. The number of carboxylic acids is 1. The van der Waals surface area contributed by atoms with E-state index in [2.05, 4.69) is 11.1 Å². The number of thioether (sulfide) groups is 1. The zero-order valence-electron chi connectivity index (χ0n) is 9.43. The summed E-state index contributed by atoms with van der Waals surface area (Å²) in [4.78, 5) is 13.9.